The van der Waals surface area contributed by atoms with E-state index in [9.17, 15) is 9.59 Å². The van der Waals surface area contributed by atoms with Crippen LogP contribution in [0.4, 0.5) is 10.5 Å². The Morgan fingerprint density at radius 2 is 1.89 bits per heavy atom. The highest BCUT2D eigenvalue weighted by atomic mass is 16.5. The maximum Gasteiger partial charge on any atom is 0.322 e. The number of aryl methyl sites for hydroxylation is 1. The van der Waals surface area contributed by atoms with Crippen molar-refractivity contribution in [2.45, 2.75) is 39.8 Å². The van der Waals surface area contributed by atoms with Gasteiger partial charge in [-0.05, 0) is 67.3 Å². The summed E-state index contributed by atoms with van der Waals surface area (Å²) in [5.74, 6) is 0.675. The smallest absolute Gasteiger partial charge is 0.322 e. The number of nitrogens with zero attached hydrogens (tertiary/aromatic N) is 3. The average Bonchev–Trinajstić information content (AvgIpc) is 3.35. The molecule has 35 heavy (non-hydrogen) atoms. The number of amides is 3. The molecule has 0 fully saturated rings. The monoisotopic (exact) mass is 474 g/mol. The molecule has 0 spiro atoms. The number of hydrogen-bond donors (Lipinski definition) is 1. The number of hydrogen-bond acceptors (Lipinski definition) is 3. The molecule has 1 unspecified atom stereocenters. The standard InChI is InChI=1S/C28H34N4O3/c1-5-14-31(28(34)29-24-12-6-9-20(2)21(24)3)19-26(33)32-17-16-30-15-8-13-25(30)27(32)22-10-7-11-23(18-22)35-4/h6-13,15,18,27H,5,14,16-17,19H2,1-4H3,(H,29,34). The van der Waals surface area contributed by atoms with Gasteiger partial charge in [0.1, 0.15) is 12.3 Å². The van der Waals surface area contributed by atoms with Crippen LogP contribution in [0.25, 0.3) is 0 Å². The molecule has 3 aromatic rings. The molecule has 0 saturated heterocycles. The Hall–Kier alpha value is -3.74. The number of rotatable bonds is 7. The fourth-order valence-electron chi connectivity index (χ4n) is 4.67. The van der Waals surface area contributed by atoms with E-state index in [2.05, 4.69) is 16.0 Å². The van der Waals surface area contributed by atoms with E-state index >= 15 is 0 Å². The van der Waals surface area contributed by atoms with Crippen molar-refractivity contribution in [1.82, 2.24) is 14.4 Å². The second kappa shape index (κ2) is 10.7. The van der Waals surface area contributed by atoms with E-state index in [1.807, 2.05) is 80.4 Å². The predicted octanol–water partition coefficient (Wildman–Crippen LogP) is 4.99. The van der Waals surface area contributed by atoms with Gasteiger partial charge in [-0.15, -0.1) is 0 Å². The van der Waals surface area contributed by atoms with Gasteiger partial charge in [-0.3, -0.25) is 4.79 Å². The summed E-state index contributed by atoms with van der Waals surface area (Å²) in [5, 5.41) is 3.01. The molecule has 7 nitrogen and oxygen atoms in total. The zero-order valence-electron chi connectivity index (χ0n) is 21.0. The van der Waals surface area contributed by atoms with E-state index in [1.165, 1.54) is 0 Å². The first-order chi connectivity index (χ1) is 16.9. The number of anilines is 1. The molecule has 0 saturated carbocycles. The van der Waals surface area contributed by atoms with Gasteiger partial charge in [-0.1, -0.05) is 31.2 Å². The highest BCUT2D eigenvalue weighted by molar-refractivity contribution is 5.93. The summed E-state index contributed by atoms with van der Waals surface area (Å²) in [4.78, 5) is 30.4. The van der Waals surface area contributed by atoms with Crippen LogP contribution in [0.1, 0.15) is 41.8 Å². The van der Waals surface area contributed by atoms with Crippen LogP contribution < -0.4 is 10.1 Å². The molecule has 1 aliphatic rings. The molecule has 1 N–H and O–H groups in total. The molecule has 7 heteroatoms. The van der Waals surface area contributed by atoms with Crippen LogP contribution in [0.15, 0.2) is 60.8 Å². The zero-order chi connectivity index (χ0) is 24.9. The van der Waals surface area contributed by atoms with Crippen LogP contribution in [0.3, 0.4) is 0 Å². The van der Waals surface area contributed by atoms with Crippen molar-refractivity contribution >= 4 is 17.6 Å². The van der Waals surface area contributed by atoms with Crippen LogP contribution >= 0.6 is 0 Å². The van der Waals surface area contributed by atoms with Gasteiger partial charge in [0.2, 0.25) is 5.91 Å². The minimum Gasteiger partial charge on any atom is -0.497 e. The third-order valence-electron chi connectivity index (χ3n) is 6.72. The lowest BCUT2D eigenvalue weighted by Gasteiger charge is -2.38. The van der Waals surface area contributed by atoms with Gasteiger partial charge >= 0.3 is 6.03 Å². The fourth-order valence-corrected chi connectivity index (χ4v) is 4.67. The zero-order valence-corrected chi connectivity index (χ0v) is 21.0. The van der Waals surface area contributed by atoms with E-state index in [0.29, 0.717) is 13.1 Å². The first-order valence-electron chi connectivity index (χ1n) is 12.1. The van der Waals surface area contributed by atoms with Gasteiger partial charge in [0.05, 0.1) is 13.2 Å². The van der Waals surface area contributed by atoms with Gasteiger partial charge in [0.25, 0.3) is 0 Å². The molecule has 2 heterocycles. The van der Waals surface area contributed by atoms with Crippen molar-refractivity contribution in [3.05, 3.63) is 83.2 Å². The number of benzene rings is 2. The van der Waals surface area contributed by atoms with E-state index in [4.69, 9.17) is 4.74 Å². The minimum absolute atomic E-state index is 0.0196. The van der Waals surface area contributed by atoms with Crippen molar-refractivity contribution in [3.63, 3.8) is 0 Å². The van der Waals surface area contributed by atoms with Crippen LogP contribution in [0.2, 0.25) is 0 Å². The van der Waals surface area contributed by atoms with Gasteiger partial charge < -0.3 is 24.4 Å². The van der Waals surface area contributed by atoms with Crippen LogP contribution in [0.5, 0.6) is 5.75 Å². The van der Waals surface area contributed by atoms with Crippen LogP contribution in [-0.4, -0.2) is 53.0 Å². The molecule has 1 atom stereocenters. The molecular formula is C28H34N4O3. The molecule has 1 aliphatic heterocycles. The number of carbonyl (C=O) groups is 2. The summed E-state index contributed by atoms with van der Waals surface area (Å²) in [7, 11) is 1.64. The summed E-state index contributed by atoms with van der Waals surface area (Å²) in [6.45, 7) is 7.82. The average molecular weight is 475 g/mol. The second-order valence-electron chi connectivity index (χ2n) is 8.99. The maximum absolute atomic E-state index is 13.7. The SMILES string of the molecule is CCCN(CC(=O)N1CCn2cccc2C1c1cccc(OC)c1)C(=O)Nc1cccc(C)c1C. The molecule has 1 aromatic heterocycles. The van der Waals surface area contributed by atoms with Crippen molar-refractivity contribution in [2.75, 3.05) is 32.1 Å². The number of methoxy groups -OCH3 is 1. The molecule has 3 amide bonds. The highest BCUT2D eigenvalue weighted by Crippen LogP contribution is 2.34. The Morgan fingerprint density at radius 3 is 2.66 bits per heavy atom. The fraction of sp³-hybridized carbons (Fsp3) is 0.357. The number of aromatic nitrogens is 1. The Balaban J connectivity index is 1.58. The summed E-state index contributed by atoms with van der Waals surface area (Å²) in [5.41, 5.74) is 4.95. The van der Waals surface area contributed by atoms with Crippen molar-refractivity contribution < 1.29 is 14.3 Å². The lowest BCUT2D eigenvalue weighted by molar-refractivity contribution is -0.134. The number of carbonyl (C=O) groups excluding carboxylic acids is 2. The highest BCUT2D eigenvalue weighted by Gasteiger charge is 2.33. The van der Waals surface area contributed by atoms with Crippen molar-refractivity contribution in [3.8, 4) is 5.75 Å². The molecule has 4 rings (SSSR count). The maximum atomic E-state index is 13.7. The molecule has 0 radical (unpaired) electrons. The third kappa shape index (κ3) is 5.19. The second-order valence-corrected chi connectivity index (χ2v) is 8.99. The largest absolute Gasteiger partial charge is 0.497 e. The lowest BCUT2D eigenvalue weighted by Crippen LogP contribution is -2.49. The summed E-state index contributed by atoms with van der Waals surface area (Å²) in [6.07, 6.45) is 2.81. The molecular weight excluding hydrogens is 440 g/mol. The molecule has 0 aliphatic carbocycles. The molecule has 184 valence electrons. The molecule has 0 bridgehead atoms. The van der Waals surface area contributed by atoms with Crippen molar-refractivity contribution in [2.24, 2.45) is 0 Å². The Morgan fingerprint density at radius 1 is 1.09 bits per heavy atom. The number of urea groups is 1. The number of nitrogens with one attached hydrogen (secondary N) is 1. The van der Waals surface area contributed by atoms with E-state index < -0.39 is 0 Å². The van der Waals surface area contributed by atoms with E-state index in [0.717, 1.165) is 46.8 Å². The molecule has 2 aromatic carbocycles. The quantitative estimate of drug-likeness (QED) is 0.525. The Kier molecular flexibility index (Phi) is 7.44. The normalized spacial score (nSPS) is 14.9. The van der Waals surface area contributed by atoms with Gasteiger partial charge in [0.15, 0.2) is 0 Å². The van der Waals surface area contributed by atoms with E-state index in [1.54, 1.807) is 12.0 Å². The van der Waals surface area contributed by atoms with Crippen LogP contribution in [-0.2, 0) is 11.3 Å². The Labute approximate surface area is 207 Å². The Bertz CT molecular complexity index is 1200. The predicted molar refractivity (Wildman–Crippen MR) is 138 cm³/mol. The van der Waals surface area contributed by atoms with Gasteiger partial charge in [-0.2, -0.15) is 0 Å². The minimum atomic E-state index is -0.257. The summed E-state index contributed by atoms with van der Waals surface area (Å²) < 4.78 is 7.63. The number of fused-ring (bicyclic) bond motifs is 1. The summed E-state index contributed by atoms with van der Waals surface area (Å²) in [6, 6.07) is 17.2. The summed E-state index contributed by atoms with van der Waals surface area (Å²) >= 11 is 0. The van der Waals surface area contributed by atoms with E-state index in [-0.39, 0.29) is 24.5 Å². The van der Waals surface area contributed by atoms with Gasteiger partial charge in [-0.25, -0.2) is 4.79 Å². The first-order valence-corrected chi connectivity index (χ1v) is 12.1. The number of ether oxygens (including phenoxy) is 1. The van der Waals surface area contributed by atoms with Crippen LogP contribution in [0, 0.1) is 13.8 Å². The third-order valence-corrected chi connectivity index (χ3v) is 6.72. The van der Waals surface area contributed by atoms with Crippen molar-refractivity contribution in [1.29, 1.82) is 0 Å². The lowest BCUT2D eigenvalue weighted by atomic mass is 9.99. The van der Waals surface area contributed by atoms with Gasteiger partial charge in [0, 0.05) is 37.2 Å². The first kappa shape index (κ1) is 24.4. The topological polar surface area (TPSA) is 66.8 Å².